The summed E-state index contributed by atoms with van der Waals surface area (Å²) in [4.78, 5) is 14.7. The molecule has 0 aliphatic carbocycles. The topological polar surface area (TPSA) is 72.4 Å². The minimum Gasteiger partial charge on any atom is -0.377 e. The molecule has 0 spiro atoms. The van der Waals surface area contributed by atoms with Crippen LogP contribution in [0.2, 0.25) is 0 Å². The van der Waals surface area contributed by atoms with Gasteiger partial charge in [0.1, 0.15) is 0 Å². The predicted octanol–water partition coefficient (Wildman–Crippen LogP) is 3.49. The standard InChI is InChI=1S/C30H36N4O/c1-14-15(2)23-11-25-18(5)19(6)27(33-25)13-29-30(21(8)35-9)20(7)28(34-29)12-26-17(4)16(3)24(32-26)10-22(14)31-23/h10-13,21,31-34H,1-9H3. The molecule has 0 fully saturated rings. The maximum atomic E-state index is 5.78. The summed E-state index contributed by atoms with van der Waals surface area (Å²) < 4.78 is 5.78. The van der Waals surface area contributed by atoms with Crippen LogP contribution < -0.4 is 21.4 Å². The number of aromatic nitrogens is 4. The van der Waals surface area contributed by atoms with Gasteiger partial charge in [-0.3, -0.25) is 0 Å². The van der Waals surface area contributed by atoms with Crippen LogP contribution in [0.25, 0.3) is 24.3 Å². The molecule has 35 heavy (non-hydrogen) atoms. The number of hydrogen-bond acceptors (Lipinski definition) is 1. The zero-order valence-electron chi connectivity index (χ0n) is 22.3. The van der Waals surface area contributed by atoms with Gasteiger partial charge in [-0.25, -0.2) is 0 Å². The molecule has 1 aliphatic heterocycles. The first-order valence-electron chi connectivity index (χ1n) is 12.3. The molecular formula is C30H36N4O. The van der Waals surface area contributed by atoms with Gasteiger partial charge in [0, 0.05) is 56.8 Å². The molecular weight excluding hydrogens is 432 g/mol. The Bertz CT molecular complexity index is 1720. The zero-order chi connectivity index (χ0) is 25.2. The fourth-order valence-corrected chi connectivity index (χ4v) is 5.21. The van der Waals surface area contributed by atoms with Gasteiger partial charge < -0.3 is 24.7 Å². The van der Waals surface area contributed by atoms with Gasteiger partial charge in [-0.2, -0.15) is 0 Å². The van der Waals surface area contributed by atoms with Gasteiger partial charge >= 0.3 is 0 Å². The number of ether oxygens (including phenoxy) is 1. The number of nitrogens with one attached hydrogen (secondary N) is 4. The van der Waals surface area contributed by atoms with Gasteiger partial charge in [0.25, 0.3) is 0 Å². The van der Waals surface area contributed by atoms with Gasteiger partial charge in [-0.15, -0.1) is 0 Å². The fraction of sp³-hybridized carbons (Fsp3) is 0.333. The van der Waals surface area contributed by atoms with E-state index in [0.29, 0.717) is 0 Å². The molecule has 4 aromatic heterocycles. The normalized spacial score (nSPS) is 13.6. The molecule has 182 valence electrons. The van der Waals surface area contributed by atoms with E-state index in [1.807, 2.05) is 0 Å². The Kier molecular flexibility index (Phi) is 5.56. The van der Waals surface area contributed by atoms with Crippen molar-refractivity contribution in [2.45, 2.75) is 61.5 Å². The average molecular weight is 469 g/mol. The third-order valence-corrected chi connectivity index (χ3v) is 8.20. The summed E-state index contributed by atoms with van der Waals surface area (Å²) in [7, 11) is 1.77. The zero-order valence-corrected chi connectivity index (χ0v) is 22.3. The van der Waals surface area contributed by atoms with E-state index in [1.54, 1.807) is 7.11 Å². The van der Waals surface area contributed by atoms with Crippen molar-refractivity contribution >= 4 is 24.3 Å². The van der Waals surface area contributed by atoms with Crippen molar-refractivity contribution in [2.75, 3.05) is 7.11 Å². The van der Waals surface area contributed by atoms with Crippen molar-refractivity contribution in [1.29, 1.82) is 0 Å². The lowest BCUT2D eigenvalue weighted by Crippen LogP contribution is -2.13. The molecule has 0 saturated carbocycles. The second-order valence-electron chi connectivity index (χ2n) is 10.1. The Balaban J connectivity index is 1.95. The molecule has 5 rings (SSSR count). The van der Waals surface area contributed by atoms with E-state index in [0.717, 1.165) is 44.2 Å². The highest BCUT2D eigenvalue weighted by Crippen LogP contribution is 2.28. The van der Waals surface area contributed by atoms with Crippen molar-refractivity contribution < 1.29 is 4.74 Å². The van der Waals surface area contributed by atoms with E-state index < -0.39 is 0 Å². The Morgan fingerprint density at radius 1 is 0.486 bits per heavy atom. The highest BCUT2D eigenvalue weighted by molar-refractivity contribution is 5.65. The van der Waals surface area contributed by atoms with Gasteiger partial charge in [-0.05, 0) is 119 Å². The SMILES string of the molecule is COC(C)c1c2[nH]c(c1C)C=c1[nH]c(c(C)c1C)=Cc1[nH]c(c(C)c1C)C=c1[nH]c(c(C)c1C)=C2. The maximum Gasteiger partial charge on any atom is 0.0816 e. The first-order valence-corrected chi connectivity index (χ1v) is 12.3. The summed E-state index contributed by atoms with van der Waals surface area (Å²) in [6, 6.07) is 0. The highest BCUT2D eigenvalue weighted by Gasteiger charge is 2.18. The summed E-state index contributed by atoms with van der Waals surface area (Å²) in [5.74, 6) is 0. The van der Waals surface area contributed by atoms with Crippen LogP contribution in [0.5, 0.6) is 0 Å². The fourth-order valence-electron chi connectivity index (χ4n) is 5.21. The molecule has 5 heteroatoms. The van der Waals surface area contributed by atoms with Crippen LogP contribution in [0.3, 0.4) is 0 Å². The van der Waals surface area contributed by atoms with Crippen molar-refractivity contribution in [3.8, 4) is 0 Å². The number of aromatic amines is 4. The molecule has 5 nitrogen and oxygen atoms in total. The lowest BCUT2D eigenvalue weighted by molar-refractivity contribution is 0.119. The largest absolute Gasteiger partial charge is 0.377 e. The van der Waals surface area contributed by atoms with Crippen LogP contribution in [0, 0.1) is 48.5 Å². The van der Waals surface area contributed by atoms with E-state index in [-0.39, 0.29) is 6.10 Å². The summed E-state index contributed by atoms with van der Waals surface area (Å²) in [6.45, 7) is 17.4. The molecule has 5 heterocycles. The van der Waals surface area contributed by atoms with Crippen LogP contribution in [0.15, 0.2) is 0 Å². The van der Waals surface area contributed by atoms with Gasteiger partial charge in [0.2, 0.25) is 0 Å². The Labute approximate surface area is 206 Å². The lowest BCUT2D eigenvalue weighted by Gasteiger charge is -2.10. The van der Waals surface area contributed by atoms with Crippen LogP contribution in [-0.2, 0) is 4.74 Å². The van der Waals surface area contributed by atoms with Crippen LogP contribution in [-0.4, -0.2) is 27.0 Å². The van der Waals surface area contributed by atoms with Gasteiger partial charge in [0.05, 0.1) is 6.10 Å². The molecule has 4 aromatic rings. The smallest absolute Gasteiger partial charge is 0.0816 e. The van der Waals surface area contributed by atoms with Crippen molar-refractivity contribution in [2.24, 2.45) is 0 Å². The number of rotatable bonds is 2. The molecule has 1 atom stereocenters. The average Bonchev–Trinajstić information content (AvgIpc) is 3.46. The first kappa shape index (κ1) is 23.3. The molecule has 4 N–H and O–H groups in total. The molecule has 0 aromatic carbocycles. The molecule has 8 bridgehead atoms. The Morgan fingerprint density at radius 2 is 0.829 bits per heavy atom. The first-order chi connectivity index (χ1) is 16.6. The van der Waals surface area contributed by atoms with E-state index in [1.165, 1.54) is 44.5 Å². The second-order valence-corrected chi connectivity index (χ2v) is 10.1. The Morgan fingerprint density at radius 3 is 1.23 bits per heavy atom. The number of H-pyrrole nitrogens is 4. The van der Waals surface area contributed by atoms with E-state index >= 15 is 0 Å². The number of fused-ring (bicyclic) bond motifs is 8. The van der Waals surface area contributed by atoms with Crippen molar-refractivity contribution in [3.05, 3.63) is 88.7 Å². The molecule has 0 radical (unpaired) electrons. The third-order valence-electron chi connectivity index (χ3n) is 8.20. The van der Waals surface area contributed by atoms with Crippen LogP contribution >= 0.6 is 0 Å². The molecule has 1 unspecified atom stereocenters. The second kappa shape index (κ2) is 8.35. The molecule has 0 amide bonds. The number of hydrogen-bond donors (Lipinski definition) is 4. The quantitative estimate of drug-likeness (QED) is 0.315. The minimum absolute atomic E-state index is 0.0258. The van der Waals surface area contributed by atoms with Crippen molar-refractivity contribution in [1.82, 2.24) is 19.9 Å². The molecule has 1 aliphatic rings. The monoisotopic (exact) mass is 468 g/mol. The number of methoxy groups -OCH3 is 1. The maximum absolute atomic E-state index is 5.78. The Hall–Kier alpha value is -3.44. The van der Waals surface area contributed by atoms with Gasteiger partial charge in [-0.1, -0.05) is 0 Å². The summed E-state index contributed by atoms with van der Waals surface area (Å²) >= 11 is 0. The molecule has 0 saturated heterocycles. The summed E-state index contributed by atoms with van der Waals surface area (Å²) in [5, 5.41) is 4.49. The van der Waals surface area contributed by atoms with Crippen molar-refractivity contribution in [3.63, 3.8) is 0 Å². The van der Waals surface area contributed by atoms with Gasteiger partial charge in [0.15, 0.2) is 0 Å². The minimum atomic E-state index is -0.0258. The highest BCUT2D eigenvalue weighted by atomic mass is 16.5. The third kappa shape index (κ3) is 3.66. The van der Waals surface area contributed by atoms with E-state index in [2.05, 4.69) is 99.6 Å². The van der Waals surface area contributed by atoms with Crippen LogP contribution in [0.4, 0.5) is 0 Å². The summed E-state index contributed by atoms with van der Waals surface area (Å²) in [6.07, 6.45) is 8.91. The predicted molar refractivity (Wildman–Crippen MR) is 145 cm³/mol. The summed E-state index contributed by atoms with van der Waals surface area (Å²) in [5.41, 5.74) is 14.4. The lowest BCUT2D eigenvalue weighted by atomic mass is 10.0. The van der Waals surface area contributed by atoms with Crippen LogP contribution in [0.1, 0.15) is 80.3 Å². The van der Waals surface area contributed by atoms with E-state index in [9.17, 15) is 0 Å². The van der Waals surface area contributed by atoms with E-state index in [4.69, 9.17) is 4.74 Å².